The zero-order valence-electron chi connectivity index (χ0n) is 28.6. The summed E-state index contributed by atoms with van der Waals surface area (Å²) in [5.41, 5.74) is 28.9. The average Bonchev–Trinajstić information content (AvgIpc) is 3.42. The number of para-hydroxylation sites is 1. The van der Waals surface area contributed by atoms with E-state index in [-0.39, 0.29) is 0 Å². The van der Waals surface area contributed by atoms with Crippen molar-refractivity contribution in [1.29, 1.82) is 0 Å². The summed E-state index contributed by atoms with van der Waals surface area (Å²) in [7, 11) is 9.30. The molecule has 0 radical (unpaired) electrons. The average molecular weight is 664 g/mol. The molecule has 0 aliphatic rings. The fraction of sp³-hybridized carbons (Fsp3) is 0.184. The molecule has 9 nitrogen and oxygen atoms in total. The Kier molecular flexibility index (Phi) is 11.6. The molecule has 0 saturated carbocycles. The molecule has 0 saturated heterocycles. The highest BCUT2D eigenvalue weighted by molar-refractivity contribution is 7.16. The fourth-order valence-corrected chi connectivity index (χ4v) is 6.19. The smallest absolute Gasteiger partial charge is 0.208 e. The Labute approximate surface area is 286 Å². The second kappa shape index (κ2) is 15.8. The lowest BCUT2D eigenvalue weighted by molar-refractivity contribution is 0.416. The summed E-state index contributed by atoms with van der Waals surface area (Å²) in [6, 6.07) is 31.8. The van der Waals surface area contributed by atoms with E-state index in [0.29, 0.717) is 22.9 Å². The Morgan fingerprint density at radius 2 is 1.23 bits per heavy atom. The molecule has 10 heteroatoms. The molecule has 1 heterocycles. The number of fused-ring (bicyclic) bond motifs is 1. The monoisotopic (exact) mass is 663 g/mol. The SMILES string of the molecule is COc1cc(-c2ccc(N)c(OC)c2)ccc1N.Cc1c(-c2ccc(N)cc2)ccc(N(C)C)c1C.Cn1c(=NN)sc2ccccc21. The molecule has 250 valence electrons. The molecule has 6 rings (SSSR count). The zero-order valence-corrected chi connectivity index (χ0v) is 29.4. The topological polar surface area (TPSA) is 143 Å². The van der Waals surface area contributed by atoms with Crippen LogP contribution in [0, 0.1) is 13.8 Å². The maximum Gasteiger partial charge on any atom is 0.208 e. The zero-order chi connectivity index (χ0) is 35.0. The summed E-state index contributed by atoms with van der Waals surface area (Å²) in [4.78, 5) is 2.99. The molecular weight excluding hydrogens is 619 g/mol. The second-order valence-electron chi connectivity index (χ2n) is 11.4. The molecule has 0 unspecified atom stereocenters. The summed E-state index contributed by atoms with van der Waals surface area (Å²) in [5, 5.41) is 3.69. The number of thiazole rings is 1. The fourth-order valence-electron chi connectivity index (χ4n) is 5.25. The van der Waals surface area contributed by atoms with Crippen LogP contribution in [-0.2, 0) is 7.05 Å². The molecule has 0 bridgehead atoms. The van der Waals surface area contributed by atoms with Gasteiger partial charge in [0.25, 0.3) is 0 Å². The number of ether oxygens (including phenoxy) is 2. The lowest BCUT2D eigenvalue weighted by Gasteiger charge is -2.19. The first-order valence-corrected chi connectivity index (χ1v) is 16.1. The van der Waals surface area contributed by atoms with Crippen LogP contribution in [0.25, 0.3) is 32.5 Å². The van der Waals surface area contributed by atoms with Crippen LogP contribution in [0.4, 0.5) is 22.7 Å². The van der Waals surface area contributed by atoms with Gasteiger partial charge in [0.1, 0.15) is 11.5 Å². The minimum absolute atomic E-state index is 0.615. The van der Waals surface area contributed by atoms with E-state index < -0.39 is 0 Å². The van der Waals surface area contributed by atoms with Gasteiger partial charge in [-0.3, -0.25) is 0 Å². The summed E-state index contributed by atoms with van der Waals surface area (Å²) >= 11 is 1.60. The van der Waals surface area contributed by atoms with E-state index in [1.54, 1.807) is 25.6 Å². The van der Waals surface area contributed by atoms with Crippen LogP contribution >= 0.6 is 11.3 Å². The Hall–Kier alpha value is -5.61. The molecule has 5 aromatic carbocycles. The van der Waals surface area contributed by atoms with Crippen LogP contribution in [0.3, 0.4) is 0 Å². The largest absolute Gasteiger partial charge is 0.495 e. The summed E-state index contributed by atoms with van der Waals surface area (Å²) in [6.45, 7) is 4.35. The number of aromatic nitrogens is 1. The molecule has 1 aromatic heterocycles. The number of hydrogen-bond donors (Lipinski definition) is 4. The second-order valence-corrected chi connectivity index (χ2v) is 12.4. The quantitative estimate of drug-likeness (QED) is 0.0870. The number of aryl methyl sites for hydroxylation is 1. The molecule has 0 atom stereocenters. The summed E-state index contributed by atoms with van der Waals surface area (Å²) in [6.07, 6.45) is 0. The normalized spacial score (nSPS) is 10.9. The minimum atomic E-state index is 0.615. The lowest BCUT2D eigenvalue weighted by Crippen LogP contribution is -2.11. The lowest BCUT2D eigenvalue weighted by atomic mass is 9.95. The molecule has 48 heavy (non-hydrogen) atoms. The van der Waals surface area contributed by atoms with E-state index in [2.05, 4.69) is 74.3 Å². The van der Waals surface area contributed by atoms with Crippen LogP contribution in [0.15, 0.2) is 102 Å². The molecular formula is C38H45N7O2S. The molecule has 0 aliphatic carbocycles. The van der Waals surface area contributed by atoms with Gasteiger partial charge in [-0.25, -0.2) is 0 Å². The summed E-state index contributed by atoms with van der Waals surface area (Å²) < 4.78 is 13.6. The Balaban J connectivity index is 0.000000166. The third-order valence-electron chi connectivity index (χ3n) is 8.09. The highest BCUT2D eigenvalue weighted by atomic mass is 32.1. The third kappa shape index (κ3) is 8.02. The first kappa shape index (κ1) is 35.2. The molecule has 0 aliphatic heterocycles. The molecule has 8 N–H and O–H groups in total. The van der Waals surface area contributed by atoms with Crippen molar-refractivity contribution >= 4 is 44.3 Å². The summed E-state index contributed by atoms with van der Waals surface area (Å²) in [5.74, 6) is 6.54. The standard InChI is InChI=1S/C16H20N2.C14H16N2O2.C8H9N3S/c1-11-12(2)16(18(3)4)10-9-15(11)13-5-7-14(17)8-6-13;1-17-13-7-9(3-5-11(13)15)10-4-6-12(16)14(8-10)18-2;1-11-6-4-2-3-5-7(6)12-8(11)10-9/h5-10H,17H2,1-4H3;3-8H,15-16H2,1-2H3;2-5H,9H2,1H3. The molecule has 0 amide bonds. The van der Waals surface area contributed by atoms with Crippen LogP contribution in [0.1, 0.15) is 11.1 Å². The van der Waals surface area contributed by atoms with Crippen molar-refractivity contribution in [2.75, 3.05) is 50.4 Å². The van der Waals surface area contributed by atoms with E-state index in [9.17, 15) is 0 Å². The van der Waals surface area contributed by atoms with Gasteiger partial charge in [-0.1, -0.05) is 53.8 Å². The molecule has 6 aromatic rings. The number of benzene rings is 5. The number of hydrogen-bond acceptors (Lipinski definition) is 9. The van der Waals surface area contributed by atoms with Crippen LogP contribution in [0.5, 0.6) is 11.5 Å². The minimum Gasteiger partial charge on any atom is -0.495 e. The van der Waals surface area contributed by atoms with Crippen molar-refractivity contribution < 1.29 is 9.47 Å². The molecule has 0 spiro atoms. The van der Waals surface area contributed by atoms with Gasteiger partial charge >= 0.3 is 0 Å². The van der Waals surface area contributed by atoms with Gasteiger partial charge in [0.15, 0.2) is 0 Å². The van der Waals surface area contributed by atoms with Crippen molar-refractivity contribution in [2.45, 2.75) is 13.8 Å². The number of nitrogens with two attached hydrogens (primary N) is 4. The van der Waals surface area contributed by atoms with E-state index >= 15 is 0 Å². The Morgan fingerprint density at radius 1 is 0.688 bits per heavy atom. The van der Waals surface area contributed by atoms with Gasteiger partial charge in [0.2, 0.25) is 4.80 Å². The van der Waals surface area contributed by atoms with E-state index in [1.165, 1.54) is 38.2 Å². The van der Waals surface area contributed by atoms with Crippen molar-refractivity contribution in [2.24, 2.45) is 18.0 Å². The Bertz CT molecular complexity index is 2010. The van der Waals surface area contributed by atoms with Crippen molar-refractivity contribution in [1.82, 2.24) is 4.57 Å². The van der Waals surface area contributed by atoms with Crippen LogP contribution in [-0.4, -0.2) is 32.9 Å². The van der Waals surface area contributed by atoms with Gasteiger partial charge in [-0.05, 0) is 102 Å². The van der Waals surface area contributed by atoms with Crippen molar-refractivity contribution in [3.8, 4) is 33.8 Å². The predicted molar refractivity (Wildman–Crippen MR) is 204 cm³/mol. The van der Waals surface area contributed by atoms with Gasteiger partial charge in [-0.2, -0.15) is 5.10 Å². The number of rotatable bonds is 5. The first-order chi connectivity index (χ1) is 23.0. The Morgan fingerprint density at radius 3 is 1.73 bits per heavy atom. The van der Waals surface area contributed by atoms with Crippen LogP contribution in [0.2, 0.25) is 0 Å². The maximum atomic E-state index is 5.79. The van der Waals surface area contributed by atoms with E-state index in [1.807, 2.05) is 72.3 Å². The number of nitrogen functional groups attached to an aromatic ring is 3. The van der Waals surface area contributed by atoms with Crippen molar-refractivity contribution in [3.05, 3.63) is 113 Å². The van der Waals surface area contributed by atoms with Gasteiger partial charge in [0, 0.05) is 32.5 Å². The van der Waals surface area contributed by atoms with E-state index in [4.69, 9.17) is 32.5 Å². The van der Waals surface area contributed by atoms with Gasteiger partial charge in [0.05, 0.1) is 35.8 Å². The predicted octanol–water partition coefficient (Wildman–Crippen LogP) is 7.17. The molecule has 0 fully saturated rings. The van der Waals surface area contributed by atoms with Crippen LogP contribution < -0.4 is 42.2 Å². The number of nitrogens with zero attached hydrogens (tertiary/aromatic N) is 3. The highest BCUT2D eigenvalue weighted by Crippen LogP contribution is 2.33. The number of methoxy groups -OCH3 is 2. The van der Waals surface area contributed by atoms with E-state index in [0.717, 1.165) is 21.6 Å². The number of anilines is 4. The third-order valence-corrected chi connectivity index (χ3v) is 9.21. The highest BCUT2D eigenvalue weighted by Gasteiger charge is 2.09. The van der Waals surface area contributed by atoms with Gasteiger partial charge in [-0.15, -0.1) is 0 Å². The first-order valence-electron chi connectivity index (χ1n) is 15.3. The van der Waals surface area contributed by atoms with Crippen molar-refractivity contribution in [3.63, 3.8) is 0 Å². The van der Waals surface area contributed by atoms with Gasteiger partial charge < -0.3 is 42.0 Å². The maximum absolute atomic E-state index is 5.79.